The van der Waals surface area contributed by atoms with Gasteiger partial charge in [0.25, 0.3) is 0 Å². The van der Waals surface area contributed by atoms with Gasteiger partial charge in [-0.2, -0.15) is 5.10 Å². The van der Waals surface area contributed by atoms with Crippen LogP contribution in [0.4, 0.5) is 5.69 Å². The average molecular weight is 275 g/mol. The van der Waals surface area contributed by atoms with Crippen molar-refractivity contribution in [1.29, 1.82) is 0 Å². The summed E-state index contributed by atoms with van der Waals surface area (Å²) in [4.78, 5) is 22.8. The molecule has 1 aromatic carbocycles. The number of rotatable bonds is 4. The molecule has 0 unspecified atom stereocenters. The topological polar surface area (TPSA) is 93.3 Å². The molecule has 1 aromatic heterocycles. The standard InChI is InChI=1S/C13H13N3O4/c1-19-12(17)6-11(13(18)20-2)15-9-4-3-8-7-14-16-10(8)5-9/h3-7,15H,1-2H3,(H,14,16)/b11-6+. The molecule has 0 aliphatic heterocycles. The van der Waals surface area contributed by atoms with E-state index in [1.54, 1.807) is 18.3 Å². The third-order valence-electron chi connectivity index (χ3n) is 2.59. The van der Waals surface area contributed by atoms with E-state index < -0.39 is 11.9 Å². The molecule has 104 valence electrons. The van der Waals surface area contributed by atoms with Crippen molar-refractivity contribution in [2.24, 2.45) is 0 Å². The predicted octanol–water partition coefficient (Wildman–Crippen LogP) is 1.20. The number of anilines is 1. The third-order valence-corrected chi connectivity index (χ3v) is 2.59. The molecule has 0 saturated heterocycles. The lowest BCUT2D eigenvalue weighted by atomic mass is 10.2. The number of aromatic amines is 1. The van der Waals surface area contributed by atoms with Crippen molar-refractivity contribution in [2.75, 3.05) is 19.5 Å². The number of benzene rings is 1. The van der Waals surface area contributed by atoms with E-state index in [9.17, 15) is 9.59 Å². The molecule has 20 heavy (non-hydrogen) atoms. The number of hydrogen-bond donors (Lipinski definition) is 2. The van der Waals surface area contributed by atoms with E-state index in [1.165, 1.54) is 14.2 Å². The van der Waals surface area contributed by atoms with Crippen LogP contribution in [0.5, 0.6) is 0 Å². The Bertz CT molecular complexity index is 675. The highest BCUT2D eigenvalue weighted by Crippen LogP contribution is 2.18. The summed E-state index contributed by atoms with van der Waals surface area (Å²) in [5.74, 6) is -1.32. The van der Waals surface area contributed by atoms with Crippen molar-refractivity contribution in [1.82, 2.24) is 10.2 Å². The minimum absolute atomic E-state index is 0.0155. The molecule has 0 fully saturated rings. The van der Waals surface area contributed by atoms with E-state index in [0.29, 0.717) is 5.69 Å². The second-order valence-electron chi connectivity index (χ2n) is 3.87. The molecule has 0 bridgehead atoms. The van der Waals surface area contributed by atoms with Gasteiger partial charge in [-0.15, -0.1) is 0 Å². The van der Waals surface area contributed by atoms with Crippen LogP contribution < -0.4 is 5.32 Å². The van der Waals surface area contributed by atoms with Crippen molar-refractivity contribution in [2.45, 2.75) is 0 Å². The van der Waals surface area contributed by atoms with E-state index in [2.05, 4.69) is 25.0 Å². The lowest BCUT2D eigenvalue weighted by Gasteiger charge is -2.08. The summed E-state index contributed by atoms with van der Waals surface area (Å²) >= 11 is 0. The van der Waals surface area contributed by atoms with Gasteiger partial charge in [0.15, 0.2) is 0 Å². The zero-order valence-corrected chi connectivity index (χ0v) is 11.0. The Morgan fingerprint density at radius 2 is 2.10 bits per heavy atom. The van der Waals surface area contributed by atoms with Gasteiger partial charge < -0.3 is 14.8 Å². The number of H-pyrrole nitrogens is 1. The van der Waals surface area contributed by atoms with Crippen molar-refractivity contribution in [3.8, 4) is 0 Å². The number of aromatic nitrogens is 2. The van der Waals surface area contributed by atoms with Gasteiger partial charge in [-0.1, -0.05) is 0 Å². The number of methoxy groups -OCH3 is 2. The van der Waals surface area contributed by atoms with E-state index in [-0.39, 0.29) is 5.70 Å². The Morgan fingerprint density at radius 3 is 2.80 bits per heavy atom. The molecule has 2 aromatic rings. The van der Waals surface area contributed by atoms with Crippen LogP contribution in [-0.4, -0.2) is 36.4 Å². The van der Waals surface area contributed by atoms with Crippen molar-refractivity contribution >= 4 is 28.5 Å². The molecule has 1 heterocycles. The lowest BCUT2D eigenvalue weighted by molar-refractivity contribution is -0.138. The average Bonchev–Trinajstić information content (AvgIpc) is 2.93. The zero-order valence-electron chi connectivity index (χ0n) is 11.0. The molecule has 2 N–H and O–H groups in total. The molecule has 0 spiro atoms. The second-order valence-corrected chi connectivity index (χ2v) is 3.87. The molecular weight excluding hydrogens is 262 g/mol. The maximum Gasteiger partial charge on any atom is 0.354 e. The minimum atomic E-state index is -0.667. The van der Waals surface area contributed by atoms with Gasteiger partial charge in [0.1, 0.15) is 5.70 Å². The van der Waals surface area contributed by atoms with Crippen LogP contribution in [0.2, 0.25) is 0 Å². The summed E-state index contributed by atoms with van der Waals surface area (Å²) in [5, 5.41) is 10.5. The van der Waals surface area contributed by atoms with Gasteiger partial charge in [0.2, 0.25) is 0 Å². The summed E-state index contributed by atoms with van der Waals surface area (Å²) in [6, 6.07) is 5.34. The molecule has 0 amide bonds. The molecule has 7 nitrogen and oxygen atoms in total. The fourth-order valence-corrected chi connectivity index (χ4v) is 1.60. The summed E-state index contributed by atoms with van der Waals surface area (Å²) < 4.78 is 9.10. The van der Waals surface area contributed by atoms with Gasteiger partial charge in [-0.05, 0) is 18.2 Å². The minimum Gasteiger partial charge on any atom is -0.466 e. The first-order valence-corrected chi connectivity index (χ1v) is 5.72. The molecule has 0 radical (unpaired) electrons. The van der Waals surface area contributed by atoms with Gasteiger partial charge in [-0.25, -0.2) is 9.59 Å². The highest BCUT2D eigenvalue weighted by Gasteiger charge is 2.13. The molecule has 0 saturated carbocycles. The number of nitrogens with one attached hydrogen (secondary N) is 2. The summed E-state index contributed by atoms with van der Waals surface area (Å²) in [5.41, 5.74) is 1.40. The fraction of sp³-hybridized carbons (Fsp3) is 0.154. The normalized spacial score (nSPS) is 11.2. The van der Waals surface area contributed by atoms with Crippen molar-refractivity contribution < 1.29 is 19.1 Å². The molecule has 2 rings (SSSR count). The third kappa shape index (κ3) is 2.94. The predicted molar refractivity (Wildman–Crippen MR) is 71.8 cm³/mol. The number of fused-ring (bicyclic) bond motifs is 1. The zero-order chi connectivity index (χ0) is 14.5. The Balaban J connectivity index is 2.28. The number of hydrogen-bond acceptors (Lipinski definition) is 6. The first-order valence-electron chi connectivity index (χ1n) is 5.72. The Hall–Kier alpha value is -2.83. The number of esters is 2. The van der Waals surface area contributed by atoms with Gasteiger partial charge in [0, 0.05) is 11.1 Å². The maximum atomic E-state index is 11.6. The van der Waals surface area contributed by atoms with E-state index >= 15 is 0 Å². The van der Waals surface area contributed by atoms with Crippen LogP contribution >= 0.6 is 0 Å². The Labute approximate surface area is 114 Å². The molecular formula is C13H13N3O4. The smallest absolute Gasteiger partial charge is 0.354 e. The van der Waals surface area contributed by atoms with Crippen molar-refractivity contribution in [3.63, 3.8) is 0 Å². The first kappa shape index (κ1) is 13.6. The van der Waals surface area contributed by atoms with Crippen LogP contribution in [0.25, 0.3) is 10.9 Å². The molecule has 0 atom stereocenters. The molecule has 0 aliphatic rings. The monoisotopic (exact) mass is 275 g/mol. The Kier molecular flexibility index (Phi) is 3.99. The van der Waals surface area contributed by atoms with Crippen LogP contribution in [0.3, 0.4) is 0 Å². The summed E-state index contributed by atoms with van der Waals surface area (Å²) in [7, 11) is 2.46. The SMILES string of the molecule is COC(=O)/C=C(/Nc1ccc2cn[nH]c2c1)C(=O)OC. The highest BCUT2D eigenvalue weighted by atomic mass is 16.5. The van der Waals surface area contributed by atoms with Gasteiger partial charge in [-0.3, -0.25) is 5.10 Å². The largest absolute Gasteiger partial charge is 0.466 e. The van der Waals surface area contributed by atoms with Gasteiger partial charge >= 0.3 is 11.9 Å². The summed E-state index contributed by atoms with van der Waals surface area (Å²) in [6.07, 6.45) is 2.72. The van der Waals surface area contributed by atoms with Crippen LogP contribution in [0.15, 0.2) is 36.2 Å². The van der Waals surface area contributed by atoms with Crippen LogP contribution in [0, 0.1) is 0 Å². The quantitative estimate of drug-likeness (QED) is 0.643. The number of nitrogens with zero attached hydrogens (tertiary/aromatic N) is 1. The Morgan fingerprint density at radius 1 is 1.30 bits per heavy atom. The van der Waals surface area contributed by atoms with Crippen LogP contribution in [0.1, 0.15) is 0 Å². The molecule has 0 aliphatic carbocycles. The van der Waals surface area contributed by atoms with Crippen molar-refractivity contribution in [3.05, 3.63) is 36.2 Å². The summed E-state index contributed by atoms with van der Waals surface area (Å²) in [6.45, 7) is 0. The van der Waals surface area contributed by atoms with Crippen LogP contribution in [-0.2, 0) is 19.1 Å². The maximum absolute atomic E-state index is 11.6. The first-order chi connectivity index (χ1) is 9.63. The van der Waals surface area contributed by atoms with E-state index in [0.717, 1.165) is 17.0 Å². The lowest BCUT2D eigenvalue weighted by Crippen LogP contribution is -2.15. The number of ether oxygens (including phenoxy) is 2. The second kappa shape index (κ2) is 5.87. The van der Waals surface area contributed by atoms with E-state index in [1.807, 2.05) is 6.07 Å². The number of carbonyl (C=O) groups excluding carboxylic acids is 2. The fourth-order valence-electron chi connectivity index (χ4n) is 1.60. The molecule has 7 heteroatoms. The van der Waals surface area contributed by atoms with Gasteiger partial charge in [0.05, 0.1) is 32.0 Å². The van der Waals surface area contributed by atoms with E-state index in [4.69, 9.17) is 0 Å². The highest BCUT2D eigenvalue weighted by molar-refractivity contribution is 5.99. The number of carbonyl (C=O) groups is 2.